The van der Waals surface area contributed by atoms with Crippen molar-refractivity contribution in [2.24, 2.45) is 7.05 Å². The van der Waals surface area contributed by atoms with Gasteiger partial charge in [0.25, 0.3) is 0 Å². The first-order chi connectivity index (χ1) is 14.5. The molecule has 1 saturated carbocycles. The van der Waals surface area contributed by atoms with Crippen molar-refractivity contribution in [3.05, 3.63) is 59.3 Å². The van der Waals surface area contributed by atoms with E-state index in [1.165, 1.54) is 0 Å². The van der Waals surface area contributed by atoms with Crippen LogP contribution in [-0.2, 0) is 7.05 Å². The number of para-hydroxylation sites is 2. The van der Waals surface area contributed by atoms with Crippen molar-refractivity contribution in [3.63, 3.8) is 0 Å². The lowest BCUT2D eigenvalue weighted by Crippen LogP contribution is -2.11. The Morgan fingerprint density at radius 3 is 2.63 bits per heavy atom. The largest absolute Gasteiger partial charge is 0.385 e. The van der Waals surface area contributed by atoms with Crippen molar-refractivity contribution in [2.75, 3.05) is 0 Å². The minimum Gasteiger partial charge on any atom is -0.385 e. The van der Waals surface area contributed by atoms with Crippen molar-refractivity contribution in [1.82, 2.24) is 34.3 Å². The van der Waals surface area contributed by atoms with Crippen LogP contribution in [0.25, 0.3) is 16.9 Å². The molecule has 3 heterocycles. The van der Waals surface area contributed by atoms with Crippen LogP contribution in [0.1, 0.15) is 66.7 Å². The summed E-state index contributed by atoms with van der Waals surface area (Å²) in [6.45, 7) is 5.63. The predicted molar refractivity (Wildman–Crippen MR) is 112 cm³/mol. The third-order valence-corrected chi connectivity index (χ3v) is 5.81. The smallest absolute Gasteiger partial charge is 0.162 e. The van der Waals surface area contributed by atoms with Gasteiger partial charge in [0.1, 0.15) is 23.6 Å². The quantitative estimate of drug-likeness (QED) is 0.550. The van der Waals surface area contributed by atoms with Gasteiger partial charge in [-0.15, -0.1) is 5.10 Å². The van der Waals surface area contributed by atoms with Crippen molar-refractivity contribution < 1.29 is 5.11 Å². The molecule has 1 aliphatic rings. The molecule has 1 aliphatic carbocycles. The molecule has 0 radical (unpaired) electrons. The van der Waals surface area contributed by atoms with Crippen LogP contribution in [-0.4, -0.2) is 39.4 Å². The zero-order valence-corrected chi connectivity index (χ0v) is 17.6. The fourth-order valence-electron chi connectivity index (χ4n) is 4.17. The number of imidazole rings is 1. The summed E-state index contributed by atoms with van der Waals surface area (Å²) in [6, 6.07) is 10.2. The van der Waals surface area contributed by atoms with Gasteiger partial charge in [-0.1, -0.05) is 19.1 Å². The monoisotopic (exact) mass is 403 g/mol. The van der Waals surface area contributed by atoms with Gasteiger partial charge in [-0.3, -0.25) is 0 Å². The summed E-state index contributed by atoms with van der Waals surface area (Å²) in [7, 11) is 2.08. The van der Waals surface area contributed by atoms with Crippen LogP contribution in [0.3, 0.4) is 0 Å². The Hall–Kier alpha value is -3.13. The zero-order valence-electron chi connectivity index (χ0n) is 17.6. The summed E-state index contributed by atoms with van der Waals surface area (Å²) in [6.07, 6.45) is 0.888. The Morgan fingerprint density at radius 2 is 1.87 bits per heavy atom. The maximum absolute atomic E-state index is 10.4. The van der Waals surface area contributed by atoms with Gasteiger partial charge in [0, 0.05) is 24.9 Å². The van der Waals surface area contributed by atoms with Crippen LogP contribution in [0.5, 0.6) is 0 Å². The second kappa shape index (κ2) is 6.98. The molecule has 8 heteroatoms. The number of nitrogens with zero attached hydrogens (tertiary/aromatic N) is 7. The van der Waals surface area contributed by atoms with E-state index in [1.54, 1.807) is 4.68 Å². The van der Waals surface area contributed by atoms with E-state index in [0.717, 1.165) is 29.0 Å². The fraction of sp³-hybridized carbons (Fsp3) is 0.409. The van der Waals surface area contributed by atoms with E-state index < -0.39 is 6.10 Å². The molecule has 0 aliphatic heterocycles. The maximum Gasteiger partial charge on any atom is 0.162 e. The standard InChI is InChI=1S/C22H25N7O/c1-5-19(30)22-25-13(3)27-29(22)20-11-17(23-12(2)24-20)14-10-15(14)21-26-16-8-6-7-9-18(16)28(21)4/h6-9,11,14-15,19,30H,5,10H2,1-4H3. The van der Waals surface area contributed by atoms with Crippen molar-refractivity contribution in [2.45, 2.75) is 51.6 Å². The Labute approximate surface area is 174 Å². The highest BCUT2D eigenvalue weighted by atomic mass is 16.3. The van der Waals surface area contributed by atoms with E-state index in [0.29, 0.717) is 41.5 Å². The summed E-state index contributed by atoms with van der Waals surface area (Å²) in [5.41, 5.74) is 3.16. The number of aliphatic hydroxyl groups is 1. The number of hydrogen-bond donors (Lipinski definition) is 1. The molecule has 154 valence electrons. The van der Waals surface area contributed by atoms with Gasteiger partial charge < -0.3 is 9.67 Å². The van der Waals surface area contributed by atoms with Gasteiger partial charge >= 0.3 is 0 Å². The Morgan fingerprint density at radius 1 is 1.07 bits per heavy atom. The minimum atomic E-state index is -0.682. The Kier molecular flexibility index (Phi) is 4.39. The van der Waals surface area contributed by atoms with E-state index in [9.17, 15) is 5.11 Å². The van der Waals surface area contributed by atoms with Crippen LogP contribution in [0.2, 0.25) is 0 Å². The highest BCUT2D eigenvalue weighted by Gasteiger charge is 2.44. The first-order valence-corrected chi connectivity index (χ1v) is 10.3. The summed E-state index contributed by atoms with van der Waals surface area (Å²) in [5, 5.41) is 14.8. The molecule has 3 unspecified atom stereocenters. The van der Waals surface area contributed by atoms with Crippen LogP contribution in [0, 0.1) is 13.8 Å². The number of aromatic nitrogens is 7. The van der Waals surface area contributed by atoms with Gasteiger partial charge in [-0.2, -0.15) is 4.68 Å². The molecule has 5 rings (SSSR count). The first kappa shape index (κ1) is 18.9. The molecule has 4 aromatic rings. The number of aliphatic hydroxyl groups excluding tert-OH is 1. The van der Waals surface area contributed by atoms with E-state index >= 15 is 0 Å². The second-order valence-corrected chi connectivity index (χ2v) is 8.02. The molecule has 0 spiro atoms. The highest BCUT2D eigenvalue weighted by Crippen LogP contribution is 2.54. The first-order valence-electron chi connectivity index (χ1n) is 10.3. The zero-order chi connectivity index (χ0) is 21.0. The van der Waals surface area contributed by atoms with Gasteiger partial charge in [-0.05, 0) is 38.8 Å². The average Bonchev–Trinajstić information content (AvgIpc) is 3.33. The molecule has 1 aromatic carbocycles. The number of hydrogen-bond acceptors (Lipinski definition) is 6. The molecule has 8 nitrogen and oxygen atoms in total. The van der Waals surface area contributed by atoms with Crippen LogP contribution in [0.4, 0.5) is 0 Å². The van der Waals surface area contributed by atoms with Crippen molar-refractivity contribution >= 4 is 11.0 Å². The minimum absolute atomic E-state index is 0.296. The van der Waals surface area contributed by atoms with E-state index in [4.69, 9.17) is 9.97 Å². The molecule has 3 aromatic heterocycles. The normalized spacial score (nSPS) is 19.4. The number of aryl methyl sites for hydroxylation is 3. The molecule has 0 bridgehead atoms. The van der Waals surface area contributed by atoms with Gasteiger partial charge in [-0.25, -0.2) is 19.9 Å². The predicted octanol–water partition coefficient (Wildman–Crippen LogP) is 3.28. The van der Waals surface area contributed by atoms with Crippen molar-refractivity contribution in [1.29, 1.82) is 0 Å². The lowest BCUT2D eigenvalue weighted by Gasteiger charge is -2.11. The van der Waals surface area contributed by atoms with Crippen LogP contribution in [0.15, 0.2) is 30.3 Å². The molecular formula is C22H25N7O. The molecular weight excluding hydrogens is 378 g/mol. The molecule has 1 N–H and O–H groups in total. The summed E-state index contributed by atoms with van der Waals surface area (Å²) < 4.78 is 3.83. The molecule has 0 saturated heterocycles. The average molecular weight is 403 g/mol. The number of benzene rings is 1. The summed E-state index contributed by atoms with van der Waals surface area (Å²) in [5.74, 6) is 4.19. The van der Waals surface area contributed by atoms with Crippen LogP contribution < -0.4 is 0 Å². The fourth-order valence-corrected chi connectivity index (χ4v) is 4.17. The van der Waals surface area contributed by atoms with Gasteiger partial charge in [0.15, 0.2) is 11.6 Å². The Bertz CT molecular complexity index is 1240. The third kappa shape index (κ3) is 3.08. The second-order valence-electron chi connectivity index (χ2n) is 8.02. The lowest BCUT2D eigenvalue weighted by atomic mass is 10.2. The lowest BCUT2D eigenvalue weighted by molar-refractivity contribution is 0.160. The molecule has 3 atom stereocenters. The summed E-state index contributed by atoms with van der Waals surface area (Å²) in [4.78, 5) is 18.6. The third-order valence-electron chi connectivity index (χ3n) is 5.81. The number of fused-ring (bicyclic) bond motifs is 1. The van der Waals surface area contributed by atoms with E-state index in [-0.39, 0.29) is 0 Å². The SMILES string of the molecule is CCC(O)c1nc(C)nn1-c1cc(C2CC2c2nc3ccccc3n2C)nc(C)n1. The van der Waals surface area contributed by atoms with Gasteiger partial charge in [0.05, 0.1) is 16.7 Å². The molecule has 30 heavy (non-hydrogen) atoms. The van der Waals surface area contributed by atoms with Gasteiger partial charge in [0.2, 0.25) is 0 Å². The molecule has 0 amide bonds. The topological polar surface area (TPSA) is 94.5 Å². The van der Waals surface area contributed by atoms with E-state index in [1.807, 2.05) is 39.0 Å². The molecule has 1 fully saturated rings. The Balaban J connectivity index is 1.50. The maximum atomic E-state index is 10.4. The van der Waals surface area contributed by atoms with Crippen molar-refractivity contribution in [3.8, 4) is 5.82 Å². The highest BCUT2D eigenvalue weighted by molar-refractivity contribution is 5.76. The summed E-state index contributed by atoms with van der Waals surface area (Å²) >= 11 is 0. The van der Waals surface area contributed by atoms with E-state index in [2.05, 4.69) is 38.8 Å². The number of rotatable bonds is 5. The van der Waals surface area contributed by atoms with Crippen LogP contribution >= 0.6 is 0 Å².